The van der Waals surface area contributed by atoms with E-state index in [1.165, 1.54) is 5.69 Å². The number of aromatic hydroxyl groups is 1. The van der Waals surface area contributed by atoms with E-state index in [-0.39, 0.29) is 11.8 Å². The van der Waals surface area contributed by atoms with Crippen LogP contribution in [0.15, 0.2) is 48.5 Å². The van der Waals surface area contributed by atoms with Crippen molar-refractivity contribution < 1.29 is 9.90 Å². The summed E-state index contributed by atoms with van der Waals surface area (Å²) >= 11 is 0. The lowest BCUT2D eigenvalue weighted by molar-refractivity contribution is 0.100. The minimum atomic E-state index is -0.549. The lowest BCUT2D eigenvalue weighted by Crippen LogP contribution is -2.49. The van der Waals surface area contributed by atoms with Gasteiger partial charge in [-0.1, -0.05) is 24.3 Å². The van der Waals surface area contributed by atoms with Crippen LogP contribution in [-0.4, -0.2) is 54.7 Å². The molecule has 138 valence electrons. The van der Waals surface area contributed by atoms with E-state index in [0.29, 0.717) is 11.3 Å². The molecule has 2 aromatic rings. The summed E-state index contributed by atoms with van der Waals surface area (Å²) < 4.78 is 0. The number of carbonyl (C=O) groups excluding carboxylic acids is 1. The molecule has 26 heavy (non-hydrogen) atoms. The van der Waals surface area contributed by atoms with Crippen LogP contribution < -0.4 is 16.0 Å². The van der Waals surface area contributed by atoms with Crippen molar-refractivity contribution in [3.05, 3.63) is 54.1 Å². The maximum absolute atomic E-state index is 11.6. The molecule has 0 aliphatic carbocycles. The third-order valence-corrected chi connectivity index (χ3v) is 4.72. The van der Waals surface area contributed by atoms with E-state index in [4.69, 9.17) is 5.73 Å². The summed E-state index contributed by atoms with van der Waals surface area (Å²) in [5, 5.41) is 13.3. The smallest absolute Gasteiger partial charge is 0.250 e. The number of nitrogens with zero attached hydrogens (tertiary/aromatic N) is 2. The zero-order valence-corrected chi connectivity index (χ0v) is 15.1. The second-order valence-electron chi connectivity index (χ2n) is 6.73. The number of piperazine rings is 1. The number of nitrogens with two attached hydrogens (primary N) is 1. The molecule has 6 heteroatoms. The second-order valence-corrected chi connectivity index (χ2v) is 6.73. The van der Waals surface area contributed by atoms with E-state index in [9.17, 15) is 9.90 Å². The Hall–Kier alpha value is -2.73. The van der Waals surface area contributed by atoms with Crippen LogP contribution in [0.4, 0.5) is 11.4 Å². The highest BCUT2D eigenvalue weighted by molar-refractivity contribution is 5.99. The van der Waals surface area contributed by atoms with E-state index >= 15 is 0 Å². The highest BCUT2D eigenvalue weighted by Gasteiger charge is 2.20. The number of rotatable bonds is 6. The van der Waals surface area contributed by atoms with Gasteiger partial charge in [0.25, 0.3) is 5.91 Å². The Morgan fingerprint density at radius 2 is 1.81 bits per heavy atom. The number of primary amides is 1. The van der Waals surface area contributed by atoms with Crippen LogP contribution in [0, 0.1) is 0 Å². The molecule has 1 aliphatic heterocycles. The summed E-state index contributed by atoms with van der Waals surface area (Å²) in [6, 6.07) is 15.3. The van der Waals surface area contributed by atoms with Crippen molar-refractivity contribution in [2.45, 2.75) is 13.0 Å². The second kappa shape index (κ2) is 8.10. The van der Waals surface area contributed by atoms with Gasteiger partial charge in [0.2, 0.25) is 0 Å². The van der Waals surface area contributed by atoms with Crippen LogP contribution in [0.1, 0.15) is 17.3 Å². The zero-order valence-electron chi connectivity index (χ0n) is 15.1. The Balaban J connectivity index is 1.55. The average Bonchev–Trinajstić information content (AvgIpc) is 2.64. The molecule has 0 aromatic heterocycles. The Bertz CT molecular complexity index is 743. The van der Waals surface area contributed by atoms with E-state index in [2.05, 4.69) is 39.4 Å². The summed E-state index contributed by atoms with van der Waals surface area (Å²) in [4.78, 5) is 16.4. The van der Waals surface area contributed by atoms with Gasteiger partial charge in [-0.2, -0.15) is 0 Å². The maximum Gasteiger partial charge on any atom is 0.250 e. The Morgan fingerprint density at radius 3 is 2.46 bits per heavy atom. The summed E-state index contributed by atoms with van der Waals surface area (Å²) in [5.74, 6) is -0.505. The summed E-state index contributed by atoms with van der Waals surface area (Å²) in [5.41, 5.74) is 7.39. The molecule has 0 radical (unpaired) electrons. The van der Waals surface area contributed by atoms with Crippen LogP contribution >= 0.6 is 0 Å². The number of anilines is 2. The van der Waals surface area contributed by atoms with Gasteiger partial charge in [-0.25, -0.2) is 0 Å². The van der Waals surface area contributed by atoms with Gasteiger partial charge < -0.3 is 21.1 Å². The third-order valence-electron chi connectivity index (χ3n) is 4.72. The first kappa shape index (κ1) is 18.1. The fourth-order valence-corrected chi connectivity index (χ4v) is 3.40. The van der Waals surface area contributed by atoms with E-state index in [0.717, 1.165) is 32.7 Å². The number of benzene rings is 2. The Morgan fingerprint density at radius 1 is 1.12 bits per heavy atom. The van der Waals surface area contributed by atoms with Crippen molar-refractivity contribution in [1.82, 2.24) is 4.90 Å². The van der Waals surface area contributed by atoms with Gasteiger partial charge in [0.1, 0.15) is 5.75 Å². The van der Waals surface area contributed by atoms with Crippen molar-refractivity contribution in [1.29, 1.82) is 0 Å². The fourth-order valence-electron chi connectivity index (χ4n) is 3.40. The monoisotopic (exact) mass is 354 g/mol. The van der Waals surface area contributed by atoms with Gasteiger partial charge in [-0.15, -0.1) is 0 Å². The summed E-state index contributed by atoms with van der Waals surface area (Å²) in [7, 11) is 0. The third kappa shape index (κ3) is 4.26. The highest BCUT2D eigenvalue weighted by atomic mass is 16.3. The van der Waals surface area contributed by atoms with Gasteiger partial charge in [0.05, 0.1) is 11.3 Å². The van der Waals surface area contributed by atoms with Gasteiger partial charge in [-0.3, -0.25) is 9.69 Å². The van der Waals surface area contributed by atoms with Gasteiger partial charge in [0, 0.05) is 44.5 Å². The fraction of sp³-hybridized carbons (Fsp3) is 0.350. The van der Waals surface area contributed by atoms with E-state index < -0.39 is 5.91 Å². The van der Waals surface area contributed by atoms with E-state index in [1.54, 1.807) is 18.2 Å². The van der Waals surface area contributed by atoms with Crippen molar-refractivity contribution in [2.24, 2.45) is 5.73 Å². The molecule has 0 saturated carbocycles. The van der Waals surface area contributed by atoms with Gasteiger partial charge >= 0.3 is 0 Å². The molecule has 1 aliphatic rings. The lowest BCUT2D eigenvalue weighted by Gasteiger charge is -2.37. The van der Waals surface area contributed by atoms with Crippen LogP contribution in [-0.2, 0) is 0 Å². The maximum atomic E-state index is 11.6. The molecule has 0 bridgehead atoms. The number of nitrogens with one attached hydrogen (secondary N) is 1. The van der Waals surface area contributed by atoms with Crippen LogP contribution in [0.3, 0.4) is 0 Å². The standard InChI is InChI=1S/C20H26N4O2/c1-15(22-19-17(20(21)26)8-5-9-18(19)25)14-23-10-12-24(13-11-23)16-6-3-2-4-7-16/h2-9,15,22,25H,10-14H2,1H3,(H2,21,26). The molecule has 0 spiro atoms. The Kier molecular flexibility index (Phi) is 5.63. The van der Waals surface area contributed by atoms with Crippen LogP contribution in [0.25, 0.3) is 0 Å². The average molecular weight is 354 g/mol. The minimum Gasteiger partial charge on any atom is -0.506 e. The molecule has 3 rings (SSSR count). The summed E-state index contributed by atoms with van der Waals surface area (Å²) in [6.07, 6.45) is 0. The van der Waals surface area contributed by atoms with Gasteiger partial charge in [0.15, 0.2) is 0 Å². The van der Waals surface area contributed by atoms with Gasteiger partial charge in [-0.05, 0) is 31.2 Å². The van der Waals surface area contributed by atoms with Crippen molar-refractivity contribution in [3.8, 4) is 5.75 Å². The van der Waals surface area contributed by atoms with Crippen LogP contribution in [0.2, 0.25) is 0 Å². The number of para-hydroxylation sites is 2. The molecule has 4 N–H and O–H groups in total. The zero-order chi connectivity index (χ0) is 18.5. The molecule has 1 saturated heterocycles. The first-order chi connectivity index (χ1) is 12.5. The van der Waals surface area contributed by atoms with Crippen LogP contribution in [0.5, 0.6) is 5.75 Å². The molecule has 1 fully saturated rings. The highest BCUT2D eigenvalue weighted by Crippen LogP contribution is 2.27. The van der Waals surface area contributed by atoms with E-state index in [1.807, 2.05) is 13.0 Å². The molecule has 6 nitrogen and oxygen atoms in total. The molecule has 1 amide bonds. The molecule has 1 atom stereocenters. The molecule has 2 aromatic carbocycles. The minimum absolute atomic E-state index is 0.0436. The SMILES string of the molecule is CC(CN1CCN(c2ccccc2)CC1)Nc1c(O)cccc1C(N)=O. The largest absolute Gasteiger partial charge is 0.506 e. The number of amides is 1. The number of carbonyl (C=O) groups is 1. The number of phenols is 1. The molecular formula is C20H26N4O2. The van der Waals surface area contributed by atoms with Crippen molar-refractivity contribution in [3.63, 3.8) is 0 Å². The number of hydrogen-bond acceptors (Lipinski definition) is 5. The molecular weight excluding hydrogens is 328 g/mol. The number of hydrogen-bond donors (Lipinski definition) is 3. The predicted octanol–water partition coefficient (Wildman–Crippen LogP) is 2.11. The number of phenolic OH excluding ortho intramolecular Hbond substituents is 1. The first-order valence-electron chi connectivity index (χ1n) is 8.95. The van der Waals surface area contributed by atoms with Crippen molar-refractivity contribution in [2.75, 3.05) is 42.9 Å². The Labute approximate surface area is 154 Å². The normalized spacial score (nSPS) is 16.3. The lowest BCUT2D eigenvalue weighted by atomic mass is 10.1. The first-order valence-corrected chi connectivity index (χ1v) is 8.95. The topological polar surface area (TPSA) is 81.8 Å². The quantitative estimate of drug-likeness (QED) is 0.692. The molecule has 1 heterocycles. The summed E-state index contributed by atoms with van der Waals surface area (Å²) in [6.45, 7) is 6.80. The molecule has 1 unspecified atom stereocenters. The van der Waals surface area contributed by atoms with Crippen molar-refractivity contribution >= 4 is 17.3 Å². The predicted molar refractivity (Wildman–Crippen MR) is 105 cm³/mol.